The Kier molecular flexibility index (Phi) is 9.25. The molecule has 2 aromatic carbocycles. The third kappa shape index (κ3) is 7.27. The van der Waals surface area contributed by atoms with E-state index in [2.05, 4.69) is 15.0 Å². The smallest absolute Gasteiger partial charge is 0.404 e. The summed E-state index contributed by atoms with van der Waals surface area (Å²) >= 11 is 0. The second-order valence-electron chi connectivity index (χ2n) is 8.73. The van der Waals surface area contributed by atoms with Gasteiger partial charge in [0.1, 0.15) is 12.0 Å². The highest BCUT2D eigenvalue weighted by atomic mass is 32.2. The van der Waals surface area contributed by atoms with Crippen molar-refractivity contribution >= 4 is 17.7 Å². The largest absolute Gasteiger partial charge is 0.530 e. The number of aromatic amines is 1. The quantitative estimate of drug-likeness (QED) is 0.142. The number of benzene rings is 2. The number of rotatable bonds is 12. The van der Waals surface area contributed by atoms with Gasteiger partial charge in [0.2, 0.25) is 0 Å². The minimum absolute atomic E-state index is 0.0590. The van der Waals surface area contributed by atoms with Crippen LogP contribution in [0.25, 0.3) is 10.4 Å². The van der Waals surface area contributed by atoms with E-state index in [0.717, 1.165) is 4.57 Å². The van der Waals surface area contributed by atoms with Crippen molar-refractivity contribution < 1.29 is 31.3 Å². The predicted octanol–water partition coefficient (Wildman–Crippen LogP) is 3.51. The number of phosphoric acid groups is 1. The van der Waals surface area contributed by atoms with Crippen LogP contribution in [0.2, 0.25) is 0 Å². The molecule has 1 aromatic heterocycles. The predicted molar refractivity (Wildman–Crippen MR) is 143 cm³/mol. The summed E-state index contributed by atoms with van der Waals surface area (Å²) in [5, 5.41) is 3.70. The first-order chi connectivity index (χ1) is 19.1. The molecule has 1 saturated heterocycles. The first-order valence-electron chi connectivity index (χ1n) is 12.0. The fraction of sp³-hybridized carbons (Fsp3) is 0.333. The molecule has 1 aliphatic heterocycles. The van der Waals surface area contributed by atoms with Crippen molar-refractivity contribution in [2.75, 3.05) is 19.0 Å². The van der Waals surface area contributed by atoms with Gasteiger partial charge in [0.15, 0.2) is 9.84 Å². The standard InChI is InChI=1S/C24H26N5O9PS/c1-17-15-29(24(31)26-23(17)30)22-14-20(27-28-25)21(37-22)16-36-39(32,38-18-8-4-2-5-9-18)35-12-13-40(33,34)19-10-6-3-7-11-19/h2-11,15,20-22H,12-14,16H2,1H3,(H,26,30,31)/t20?,21-,22-,39?/m1/s1. The van der Waals surface area contributed by atoms with Crippen molar-refractivity contribution in [2.45, 2.75) is 36.6 Å². The lowest BCUT2D eigenvalue weighted by Gasteiger charge is -2.22. The van der Waals surface area contributed by atoms with Gasteiger partial charge in [-0.2, -0.15) is 0 Å². The van der Waals surface area contributed by atoms with Crippen molar-refractivity contribution in [2.24, 2.45) is 5.11 Å². The van der Waals surface area contributed by atoms with Crippen molar-refractivity contribution in [3.05, 3.63) is 104 Å². The molecule has 16 heteroatoms. The first kappa shape index (κ1) is 29.3. The second kappa shape index (κ2) is 12.6. The summed E-state index contributed by atoms with van der Waals surface area (Å²) in [4.78, 5) is 29.1. The molecule has 4 atom stereocenters. The molecule has 1 aliphatic rings. The Morgan fingerprint density at radius 1 is 1.12 bits per heavy atom. The summed E-state index contributed by atoms with van der Waals surface area (Å²) in [5.41, 5.74) is 8.03. The number of hydrogen-bond donors (Lipinski definition) is 1. The fourth-order valence-corrected chi connectivity index (χ4v) is 6.33. The number of sulfone groups is 1. The van der Waals surface area contributed by atoms with Crippen LogP contribution in [0.4, 0.5) is 0 Å². The topological polar surface area (TPSA) is 192 Å². The van der Waals surface area contributed by atoms with Gasteiger partial charge in [0, 0.05) is 23.1 Å². The zero-order valence-corrected chi connectivity index (χ0v) is 22.9. The Bertz CT molecular complexity index is 1640. The number of aromatic nitrogens is 2. The van der Waals surface area contributed by atoms with E-state index in [9.17, 15) is 22.6 Å². The Labute approximate surface area is 228 Å². The molecule has 0 radical (unpaired) electrons. The number of phosphoric ester groups is 1. The van der Waals surface area contributed by atoms with Crippen molar-refractivity contribution in [3.8, 4) is 5.75 Å². The highest BCUT2D eigenvalue weighted by molar-refractivity contribution is 7.91. The SMILES string of the molecule is Cc1cn([C@H]2CC(N=[N+]=[N-])[C@@H](COP(=O)(OCCS(=O)(=O)c3ccccc3)Oc3ccccc3)O2)c(=O)[nH]c1=O. The lowest BCUT2D eigenvalue weighted by atomic mass is 10.1. The molecular weight excluding hydrogens is 565 g/mol. The average molecular weight is 592 g/mol. The zero-order chi connectivity index (χ0) is 28.8. The van der Waals surface area contributed by atoms with Crippen LogP contribution in [0.3, 0.4) is 0 Å². The lowest BCUT2D eigenvalue weighted by molar-refractivity contribution is -0.0277. The zero-order valence-electron chi connectivity index (χ0n) is 21.2. The van der Waals surface area contributed by atoms with Crippen LogP contribution in [0.1, 0.15) is 18.2 Å². The molecule has 1 fully saturated rings. The van der Waals surface area contributed by atoms with Gasteiger partial charge >= 0.3 is 13.5 Å². The van der Waals surface area contributed by atoms with Gasteiger partial charge in [-0.3, -0.25) is 23.4 Å². The molecule has 4 rings (SSSR count). The average Bonchev–Trinajstić information content (AvgIpc) is 3.33. The molecule has 212 valence electrons. The Hall–Kier alpha value is -3.71. The van der Waals surface area contributed by atoms with E-state index in [1.165, 1.54) is 37.4 Å². The Morgan fingerprint density at radius 2 is 1.80 bits per heavy atom. The summed E-state index contributed by atoms with van der Waals surface area (Å²) < 4.78 is 62.3. The van der Waals surface area contributed by atoms with Gasteiger partial charge in [-0.15, -0.1) is 0 Å². The van der Waals surface area contributed by atoms with E-state index < -0.39 is 66.2 Å². The maximum absolute atomic E-state index is 13.6. The molecular formula is C24H26N5O9PS. The molecule has 2 unspecified atom stereocenters. The molecule has 0 amide bonds. The number of H-pyrrole nitrogens is 1. The molecule has 2 heterocycles. The summed E-state index contributed by atoms with van der Waals surface area (Å²) in [6.07, 6.45) is -0.520. The third-order valence-corrected chi connectivity index (χ3v) is 9.01. The van der Waals surface area contributed by atoms with Crippen LogP contribution < -0.4 is 15.8 Å². The highest BCUT2D eigenvalue weighted by Crippen LogP contribution is 2.50. The van der Waals surface area contributed by atoms with Crippen molar-refractivity contribution in [1.82, 2.24) is 9.55 Å². The van der Waals surface area contributed by atoms with Gasteiger partial charge in [0.05, 0.1) is 36.0 Å². The molecule has 0 saturated carbocycles. The van der Waals surface area contributed by atoms with Crippen LogP contribution >= 0.6 is 7.82 Å². The van der Waals surface area contributed by atoms with Gasteiger partial charge in [-0.25, -0.2) is 17.8 Å². The van der Waals surface area contributed by atoms with E-state index in [4.69, 9.17) is 23.8 Å². The van der Waals surface area contributed by atoms with Gasteiger partial charge in [-0.05, 0) is 36.7 Å². The highest BCUT2D eigenvalue weighted by Gasteiger charge is 2.39. The molecule has 0 aliphatic carbocycles. The molecule has 0 spiro atoms. The van der Waals surface area contributed by atoms with Crippen LogP contribution in [0.15, 0.2) is 86.5 Å². The third-order valence-electron chi connectivity index (χ3n) is 5.92. The Morgan fingerprint density at radius 3 is 2.48 bits per heavy atom. The van der Waals surface area contributed by atoms with E-state index in [-0.39, 0.29) is 22.6 Å². The molecule has 0 bridgehead atoms. The lowest BCUT2D eigenvalue weighted by Crippen LogP contribution is -2.33. The fourth-order valence-electron chi connectivity index (χ4n) is 3.89. The van der Waals surface area contributed by atoms with E-state index >= 15 is 0 Å². The Balaban J connectivity index is 1.50. The normalized spacial score (nSPS) is 20.4. The first-order valence-corrected chi connectivity index (χ1v) is 15.1. The minimum atomic E-state index is -4.43. The van der Waals surface area contributed by atoms with Gasteiger partial charge in [-0.1, -0.05) is 41.5 Å². The summed E-state index contributed by atoms with van der Waals surface area (Å²) in [5.74, 6) is -0.357. The number of nitrogens with one attached hydrogen (secondary N) is 1. The minimum Gasteiger partial charge on any atom is -0.404 e. The maximum atomic E-state index is 13.6. The van der Waals surface area contributed by atoms with Crippen molar-refractivity contribution in [1.29, 1.82) is 0 Å². The molecule has 14 nitrogen and oxygen atoms in total. The number of para-hydroxylation sites is 1. The summed E-state index contributed by atoms with van der Waals surface area (Å²) in [7, 11) is -8.17. The number of azide groups is 1. The summed E-state index contributed by atoms with van der Waals surface area (Å²) in [6, 6.07) is 14.9. The van der Waals surface area contributed by atoms with E-state index in [0.29, 0.717) is 0 Å². The number of nitrogens with zero attached hydrogens (tertiary/aromatic N) is 4. The molecule has 1 N–H and O–H groups in total. The van der Waals surface area contributed by atoms with E-state index in [1.54, 1.807) is 36.4 Å². The maximum Gasteiger partial charge on any atom is 0.530 e. The van der Waals surface area contributed by atoms with Crippen molar-refractivity contribution in [3.63, 3.8) is 0 Å². The van der Waals surface area contributed by atoms with Crippen LogP contribution in [-0.2, 0) is 28.2 Å². The number of hydrogen-bond acceptors (Lipinski definition) is 10. The van der Waals surface area contributed by atoms with Gasteiger partial charge in [0.25, 0.3) is 5.56 Å². The monoisotopic (exact) mass is 591 g/mol. The summed E-state index contributed by atoms with van der Waals surface area (Å²) in [6.45, 7) is 0.551. The molecule has 3 aromatic rings. The van der Waals surface area contributed by atoms with Crippen LogP contribution in [-0.4, -0.2) is 49.1 Å². The molecule has 40 heavy (non-hydrogen) atoms. The second-order valence-corrected chi connectivity index (χ2v) is 12.4. The van der Waals surface area contributed by atoms with Crippen LogP contribution in [0, 0.1) is 6.92 Å². The van der Waals surface area contributed by atoms with Gasteiger partial charge < -0.3 is 9.26 Å². The number of ether oxygens (including phenoxy) is 1. The van der Waals surface area contributed by atoms with Crippen LogP contribution in [0.5, 0.6) is 5.75 Å². The van der Waals surface area contributed by atoms with E-state index in [1.807, 2.05) is 0 Å². The number of aryl methyl sites for hydroxylation is 1.